The van der Waals surface area contributed by atoms with E-state index in [9.17, 15) is 4.79 Å². The summed E-state index contributed by atoms with van der Waals surface area (Å²) in [6.07, 6.45) is 0.202. The molecule has 2 aromatic carbocycles. The van der Waals surface area contributed by atoms with Crippen LogP contribution in [0.3, 0.4) is 0 Å². The second kappa shape index (κ2) is 8.70. The first-order valence-corrected chi connectivity index (χ1v) is 8.23. The van der Waals surface area contributed by atoms with Gasteiger partial charge in [0.2, 0.25) is 5.91 Å². The number of amides is 1. The molecular weight excluding hydrogens is 358 g/mol. The van der Waals surface area contributed by atoms with Gasteiger partial charge in [0.1, 0.15) is 12.4 Å². The van der Waals surface area contributed by atoms with E-state index in [-0.39, 0.29) is 25.0 Å². The van der Waals surface area contributed by atoms with Crippen LogP contribution in [0.15, 0.2) is 53.0 Å². The third-order valence-corrected chi connectivity index (χ3v) is 3.79. The zero-order valence-electron chi connectivity index (χ0n) is 13.0. The lowest BCUT2D eigenvalue weighted by Gasteiger charge is -2.14. The fraction of sp³-hybridized carbons (Fsp3) is 0.278. The van der Waals surface area contributed by atoms with Gasteiger partial charge in [0.15, 0.2) is 0 Å². The van der Waals surface area contributed by atoms with E-state index >= 15 is 0 Å². The van der Waals surface area contributed by atoms with Crippen molar-refractivity contribution in [3.05, 3.63) is 64.1 Å². The lowest BCUT2D eigenvalue weighted by molar-refractivity contribution is -0.121. The van der Waals surface area contributed by atoms with E-state index in [1.165, 1.54) is 0 Å². The van der Waals surface area contributed by atoms with E-state index in [2.05, 4.69) is 21.2 Å². The summed E-state index contributed by atoms with van der Waals surface area (Å²) in [5.74, 6) is 0.540. The molecule has 0 unspecified atom stereocenters. The summed E-state index contributed by atoms with van der Waals surface area (Å²) in [7, 11) is 0. The fourth-order valence-corrected chi connectivity index (χ4v) is 2.52. The number of carbonyl (C=O) groups excluding carboxylic acids is 1. The number of halogens is 1. The lowest BCUT2D eigenvalue weighted by Crippen LogP contribution is -2.36. The molecule has 0 aliphatic carbocycles. The molecule has 2 aromatic rings. The van der Waals surface area contributed by atoms with Crippen LogP contribution < -0.4 is 10.1 Å². The first-order valence-electron chi connectivity index (χ1n) is 7.44. The molecule has 0 heterocycles. The molecule has 0 aliphatic rings. The SMILES string of the molecule is C[C@H](CO)NC(=O)Cc1cc(Br)ccc1OCc1ccccc1. The number of hydrogen-bond acceptors (Lipinski definition) is 3. The van der Waals surface area contributed by atoms with Crippen LogP contribution >= 0.6 is 15.9 Å². The largest absolute Gasteiger partial charge is 0.489 e. The van der Waals surface area contributed by atoms with Crippen LogP contribution in [0, 0.1) is 0 Å². The molecule has 0 fully saturated rings. The van der Waals surface area contributed by atoms with Gasteiger partial charge in [-0.1, -0.05) is 46.3 Å². The van der Waals surface area contributed by atoms with Crippen molar-refractivity contribution in [2.75, 3.05) is 6.61 Å². The lowest BCUT2D eigenvalue weighted by atomic mass is 10.1. The Morgan fingerprint density at radius 2 is 2.00 bits per heavy atom. The average Bonchev–Trinajstić information content (AvgIpc) is 2.55. The van der Waals surface area contributed by atoms with Crippen LogP contribution in [0.5, 0.6) is 5.75 Å². The molecule has 0 saturated heterocycles. The van der Waals surface area contributed by atoms with Crippen LogP contribution in [-0.4, -0.2) is 23.7 Å². The van der Waals surface area contributed by atoms with Gasteiger partial charge in [0.05, 0.1) is 13.0 Å². The molecule has 0 spiro atoms. The van der Waals surface area contributed by atoms with Crippen molar-refractivity contribution in [2.45, 2.75) is 26.0 Å². The molecule has 0 saturated carbocycles. The Kier molecular flexibility index (Phi) is 6.62. The quantitative estimate of drug-likeness (QED) is 0.779. The average molecular weight is 378 g/mol. The van der Waals surface area contributed by atoms with Crippen molar-refractivity contribution in [3.8, 4) is 5.75 Å². The number of aliphatic hydroxyl groups excluding tert-OH is 1. The Morgan fingerprint density at radius 3 is 2.70 bits per heavy atom. The maximum Gasteiger partial charge on any atom is 0.224 e. The summed E-state index contributed by atoms with van der Waals surface area (Å²) in [6.45, 7) is 2.12. The molecule has 4 nitrogen and oxygen atoms in total. The molecule has 0 bridgehead atoms. The van der Waals surface area contributed by atoms with Crippen LogP contribution in [-0.2, 0) is 17.8 Å². The predicted molar refractivity (Wildman–Crippen MR) is 93.3 cm³/mol. The number of rotatable bonds is 7. The molecule has 1 amide bonds. The predicted octanol–water partition coefficient (Wildman–Crippen LogP) is 3.07. The van der Waals surface area contributed by atoms with Crippen molar-refractivity contribution in [1.82, 2.24) is 5.32 Å². The van der Waals surface area contributed by atoms with E-state index in [4.69, 9.17) is 9.84 Å². The van der Waals surface area contributed by atoms with E-state index in [1.54, 1.807) is 6.92 Å². The van der Waals surface area contributed by atoms with Crippen molar-refractivity contribution >= 4 is 21.8 Å². The number of aliphatic hydroxyl groups is 1. The van der Waals surface area contributed by atoms with Gasteiger partial charge in [-0.15, -0.1) is 0 Å². The number of ether oxygens (including phenoxy) is 1. The van der Waals surface area contributed by atoms with E-state index in [0.717, 1.165) is 15.6 Å². The van der Waals surface area contributed by atoms with Gasteiger partial charge in [-0.25, -0.2) is 0 Å². The van der Waals surface area contributed by atoms with Crippen molar-refractivity contribution in [1.29, 1.82) is 0 Å². The van der Waals surface area contributed by atoms with Gasteiger partial charge in [-0.3, -0.25) is 4.79 Å². The Balaban J connectivity index is 2.06. The van der Waals surface area contributed by atoms with Gasteiger partial charge in [0.25, 0.3) is 0 Å². The highest BCUT2D eigenvalue weighted by Gasteiger charge is 2.12. The highest BCUT2D eigenvalue weighted by molar-refractivity contribution is 9.10. The van der Waals surface area contributed by atoms with Crippen molar-refractivity contribution < 1.29 is 14.6 Å². The maximum atomic E-state index is 12.0. The Hall–Kier alpha value is -1.85. The van der Waals surface area contributed by atoms with E-state index in [1.807, 2.05) is 48.5 Å². The van der Waals surface area contributed by atoms with Crippen molar-refractivity contribution in [2.24, 2.45) is 0 Å². The van der Waals surface area contributed by atoms with Gasteiger partial charge in [0, 0.05) is 16.1 Å². The van der Waals surface area contributed by atoms with Gasteiger partial charge >= 0.3 is 0 Å². The second-order valence-corrected chi connectivity index (χ2v) is 6.27. The number of hydrogen-bond donors (Lipinski definition) is 2. The van der Waals surface area contributed by atoms with Crippen LogP contribution in [0.25, 0.3) is 0 Å². The summed E-state index contributed by atoms with van der Waals surface area (Å²) < 4.78 is 6.75. The highest BCUT2D eigenvalue weighted by Crippen LogP contribution is 2.24. The minimum atomic E-state index is -0.261. The Bertz CT molecular complexity index is 646. The molecular formula is C18H20BrNO3. The first-order chi connectivity index (χ1) is 11.1. The zero-order valence-corrected chi connectivity index (χ0v) is 14.5. The number of benzene rings is 2. The number of carbonyl (C=O) groups is 1. The maximum absolute atomic E-state index is 12.0. The van der Waals surface area contributed by atoms with Crippen LogP contribution in [0.4, 0.5) is 0 Å². The topological polar surface area (TPSA) is 58.6 Å². The second-order valence-electron chi connectivity index (χ2n) is 5.35. The molecule has 5 heteroatoms. The fourth-order valence-electron chi connectivity index (χ4n) is 2.11. The molecule has 2 N–H and O–H groups in total. The van der Waals surface area contributed by atoms with Gasteiger partial charge in [-0.05, 0) is 30.7 Å². The molecule has 122 valence electrons. The molecule has 0 aliphatic heterocycles. The monoisotopic (exact) mass is 377 g/mol. The number of nitrogens with one attached hydrogen (secondary N) is 1. The van der Waals surface area contributed by atoms with Gasteiger partial charge < -0.3 is 15.2 Å². The Morgan fingerprint density at radius 1 is 1.26 bits per heavy atom. The third kappa shape index (κ3) is 5.69. The molecule has 0 aromatic heterocycles. The summed E-state index contributed by atoms with van der Waals surface area (Å²) >= 11 is 3.42. The Labute approximate surface area is 144 Å². The normalized spacial score (nSPS) is 11.8. The van der Waals surface area contributed by atoms with E-state index < -0.39 is 0 Å². The molecule has 23 heavy (non-hydrogen) atoms. The minimum absolute atomic E-state index is 0.0818. The summed E-state index contributed by atoms with van der Waals surface area (Å²) in [6, 6.07) is 15.2. The van der Waals surface area contributed by atoms with Crippen LogP contribution in [0.1, 0.15) is 18.1 Å². The standard InChI is InChI=1S/C18H20BrNO3/c1-13(11-21)20-18(22)10-15-9-16(19)7-8-17(15)23-12-14-5-3-2-4-6-14/h2-9,13,21H,10-12H2,1H3,(H,20,22)/t13-/m1/s1. The smallest absolute Gasteiger partial charge is 0.224 e. The minimum Gasteiger partial charge on any atom is -0.489 e. The van der Waals surface area contributed by atoms with Gasteiger partial charge in [-0.2, -0.15) is 0 Å². The molecule has 0 radical (unpaired) electrons. The zero-order chi connectivity index (χ0) is 16.7. The summed E-state index contributed by atoms with van der Waals surface area (Å²) in [4.78, 5) is 12.0. The van der Waals surface area contributed by atoms with Crippen molar-refractivity contribution in [3.63, 3.8) is 0 Å². The molecule has 1 atom stereocenters. The first kappa shape index (κ1) is 17.5. The summed E-state index contributed by atoms with van der Waals surface area (Å²) in [5.41, 5.74) is 1.87. The highest BCUT2D eigenvalue weighted by atomic mass is 79.9. The summed E-state index contributed by atoms with van der Waals surface area (Å²) in [5, 5.41) is 11.8. The molecule has 2 rings (SSSR count). The van der Waals surface area contributed by atoms with E-state index in [0.29, 0.717) is 12.4 Å². The van der Waals surface area contributed by atoms with Crippen LogP contribution in [0.2, 0.25) is 0 Å². The third-order valence-electron chi connectivity index (χ3n) is 3.29.